The van der Waals surface area contributed by atoms with Gasteiger partial charge in [0.15, 0.2) is 12.4 Å². The topological polar surface area (TPSA) is 33.0 Å². The van der Waals surface area contributed by atoms with E-state index in [0.29, 0.717) is 15.7 Å². The number of carbonyl (C=O) groups excluding carboxylic acids is 1. The highest BCUT2D eigenvalue weighted by atomic mass is 35.5. The van der Waals surface area contributed by atoms with E-state index in [1.165, 1.54) is 0 Å². The molecule has 3 rings (SSSR count). The molecule has 0 aliphatic carbocycles. The third-order valence-corrected chi connectivity index (χ3v) is 4.23. The van der Waals surface area contributed by atoms with Crippen LogP contribution in [-0.2, 0) is 11.3 Å². The second kappa shape index (κ2) is 7.47. The Balaban J connectivity index is 1.71. The maximum absolute atomic E-state index is 12.2. The summed E-state index contributed by atoms with van der Waals surface area (Å²) in [5.74, 6) is -0.136. The first-order valence-electron chi connectivity index (χ1n) is 7.41. The molecule has 0 bridgehead atoms. The van der Waals surface area contributed by atoms with Crippen molar-refractivity contribution in [1.29, 1.82) is 0 Å². The van der Waals surface area contributed by atoms with Crippen LogP contribution in [0.25, 0.3) is 11.1 Å². The minimum atomic E-state index is -0.136. The molecule has 3 nitrogen and oxygen atoms in total. The van der Waals surface area contributed by atoms with E-state index in [1.54, 1.807) is 18.2 Å². The Hall–Kier alpha value is -2.36. The van der Waals surface area contributed by atoms with Crippen LogP contribution in [0.4, 0.5) is 5.69 Å². The molecule has 0 spiro atoms. The summed E-state index contributed by atoms with van der Waals surface area (Å²) in [6, 6.07) is 19.0. The van der Waals surface area contributed by atoms with Crippen LogP contribution >= 0.6 is 23.2 Å². The molecule has 1 heterocycles. The summed E-state index contributed by atoms with van der Waals surface area (Å²) in [6.07, 6.45) is 3.81. The number of amides is 1. The zero-order valence-electron chi connectivity index (χ0n) is 12.7. The predicted octanol–water partition coefficient (Wildman–Crippen LogP) is 4.59. The fourth-order valence-electron chi connectivity index (χ4n) is 2.36. The number of pyridine rings is 1. The van der Waals surface area contributed by atoms with Gasteiger partial charge in [0.2, 0.25) is 6.54 Å². The number of anilines is 1. The van der Waals surface area contributed by atoms with Crippen molar-refractivity contribution in [2.45, 2.75) is 6.54 Å². The molecule has 24 heavy (non-hydrogen) atoms. The number of nitrogens with one attached hydrogen (secondary N) is 1. The van der Waals surface area contributed by atoms with E-state index in [9.17, 15) is 4.79 Å². The molecule has 0 fully saturated rings. The number of hydrogen-bond donors (Lipinski definition) is 1. The van der Waals surface area contributed by atoms with Crippen LogP contribution < -0.4 is 9.88 Å². The van der Waals surface area contributed by atoms with E-state index in [0.717, 1.165) is 11.1 Å². The zero-order valence-corrected chi connectivity index (χ0v) is 14.3. The molecule has 2 aromatic carbocycles. The summed E-state index contributed by atoms with van der Waals surface area (Å²) in [6.45, 7) is 0.209. The first-order valence-corrected chi connectivity index (χ1v) is 8.17. The van der Waals surface area contributed by atoms with Gasteiger partial charge in [-0.25, -0.2) is 0 Å². The van der Waals surface area contributed by atoms with Gasteiger partial charge in [-0.1, -0.05) is 53.5 Å². The van der Waals surface area contributed by atoms with Crippen LogP contribution in [0, 0.1) is 0 Å². The highest BCUT2D eigenvalue weighted by molar-refractivity contribution is 6.42. The van der Waals surface area contributed by atoms with Crippen molar-refractivity contribution in [1.82, 2.24) is 0 Å². The molecular weight excluding hydrogens is 343 g/mol. The van der Waals surface area contributed by atoms with Crippen molar-refractivity contribution < 1.29 is 9.36 Å². The van der Waals surface area contributed by atoms with Crippen molar-refractivity contribution in [3.05, 3.63) is 83.1 Å². The fraction of sp³-hybridized carbons (Fsp3) is 0.0526. The molecule has 0 radical (unpaired) electrons. The Bertz CT molecular complexity index is 866. The maximum Gasteiger partial charge on any atom is 0.290 e. The van der Waals surface area contributed by atoms with Gasteiger partial charge in [0.1, 0.15) is 0 Å². The van der Waals surface area contributed by atoms with E-state index >= 15 is 0 Å². The predicted molar refractivity (Wildman–Crippen MR) is 97.2 cm³/mol. The quantitative estimate of drug-likeness (QED) is 0.680. The highest BCUT2D eigenvalue weighted by Crippen LogP contribution is 2.24. The lowest BCUT2D eigenvalue weighted by molar-refractivity contribution is -0.683. The summed E-state index contributed by atoms with van der Waals surface area (Å²) < 4.78 is 1.84. The standard InChI is InChI=1S/C19H14Cl2N2O/c20-17-9-8-16(11-18(17)21)22-19(24)13-23-10-4-7-15(12-23)14-5-2-1-3-6-14/h1-12H,13H2/p+1. The molecule has 0 saturated heterocycles. The van der Waals surface area contributed by atoms with E-state index < -0.39 is 0 Å². The third kappa shape index (κ3) is 4.13. The third-order valence-electron chi connectivity index (χ3n) is 3.49. The average molecular weight is 358 g/mol. The molecule has 1 amide bonds. The average Bonchev–Trinajstić information content (AvgIpc) is 2.59. The Morgan fingerprint density at radius 1 is 0.917 bits per heavy atom. The number of hydrogen-bond acceptors (Lipinski definition) is 1. The molecule has 1 N–H and O–H groups in total. The van der Waals surface area contributed by atoms with Gasteiger partial charge in [0.25, 0.3) is 5.91 Å². The van der Waals surface area contributed by atoms with Crippen LogP contribution in [0.5, 0.6) is 0 Å². The number of nitrogens with zero attached hydrogens (tertiary/aromatic N) is 1. The smallest absolute Gasteiger partial charge is 0.290 e. The molecule has 1 aromatic heterocycles. The molecule has 0 saturated carbocycles. The van der Waals surface area contributed by atoms with Crippen molar-refractivity contribution >= 4 is 34.8 Å². The fourth-order valence-corrected chi connectivity index (χ4v) is 2.66. The maximum atomic E-state index is 12.2. The van der Waals surface area contributed by atoms with Crippen LogP contribution in [0.2, 0.25) is 10.0 Å². The number of carbonyl (C=O) groups is 1. The summed E-state index contributed by atoms with van der Waals surface area (Å²) >= 11 is 11.8. The lowest BCUT2D eigenvalue weighted by Crippen LogP contribution is -2.39. The first kappa shape index (κ1) is 16.5. The van der Waals surface area contributed by atoms with Gasteiger partial charge in [0.05, 0.1) is 10.0 Å². The largest absolute Gasteiger partial charge is 0.321 e. The normalized spacial score (nSPS) is 10.4. The monoisotopic (exact) mass is 357 g/mol. The molecule has 3 aromatic rings. The van der Waals surface area contributed by atoms with E-state index in [4.69, 9.17) is 23.2 Å². The first-order chi connectivity index (χ1) is 11.6. The number of benzene rings is 2. The lowest BCUT2D eigenvalue weighted by atomic mass is 10.1. The summed E-state index contributed by atoms with van der Waals surface area (Å²) in [4.78, 5) is 12.2. The highest BCUT2D eigenvalue weighted by Gasteiger charge is 2.11. The molecule has 120 valence electrons. The minimum absolute atomic E-state index is 0.136. The minimum Gasteiger partial charge on any atom is -0.321 e. The second-order valence-electron chi connectivity index (χ2n) is 5.31. The molecular formula is C19H15Cl2N2O+. The van der Waals surface area contributed by atoms with Gasteiger partial charge < -0.3 is 5.32 Å². The Labute approximate surface area is 150 Å². The van der Waals surface area contributed by atoms with Crippen molar-refractivity contribution in [3.8, 4) is 11.1 Å². The van der Waals surface area contributed by atoms with Crippen LogP contribution in [0.1, 0.15) is 0 Å². The van der Waals surface area contributed by atoms with Crippen molar-refractivity contribution in [3.63, 3.8) is 0 Å². The molecule has 0 aliphatic rings. The van der Waals surface area contributed by atoms with Crippen molar-refractivity contribution in [2.24, 2.45) is 0 Å². The second-order valence-corrected chi connectivity index (χ2v) is 6.12. The SMILES string of the molecule is O=C(C[n+]1cccc(-c2ccccc2)c1)Nc1ccc(Cl)c(Cl)c1. The van der Waals surface area contributed by atoms with Crippen LogP contribution in [0.15, 0.2) is 73.1 Å². The van der Waals surface area contributed by atoms with Gasteiger partial charge in [-0.3, -0.25) is 4.79 Å². The summed E-state index contributed by atoms with van der Waals surface area (Å²) in [7, 11) is 0. The zero-order chi connectivity index (χ0) is 16.9. The lowest BCUT2D eigenvalue weighted by Gasteiger charge is -2.05. The molecule has 0 atom stereocenters. The van der Waals surface area contributed by atoms with E-state index in [1.807, 2.05) is 59.4 Å². The van der Waals surface area contributed by atoms with Gasteiger partial charge in [-0.2, -0.15) is 4.57 Å². The van der Waals surface area contributed by atoms with Gasteiger partial charge in [-0.15, -0.1) is 0 Å². The summed E-state index contributed by atoms with van der Waals surface area (Å²) in [5.41, 5.74) is 2.78. The van der Waals surface area contributed by atoms with E-state index in [-0.39, 0.29) is 12.5 Å². The Kier molecular flexibility index (Phi) is 5.14. The molecule has 0 aliphatic heterocycles. The Morgan fingerprint density at radius 2 is 1.67 bits per heavy atom. The van der Waals surface area contributed by atoms with E-state index in [2.05, 4.69) is 5.32 Å². The van der Waals surface area contributed by atoms with Gasteiger partial charge in [0, 0.05) is 17.3 Å². The number of aromatic nitrogens is 1. The van der Waals surface area contributed by atoms with Gasteiger partial charge >= 0.3 is 0 Å². The van der Waals surface area contributed by atoms with Crippen LogP contribution in [-0.4, -0.2) is 5.91 Å². The van der Waals surface area contributed by atoms with Crippen LogP contribution in [0.3, 0.4) is 0 Å². The molecule has 5 heteroatoms. The number of halogens is 2. The summed E-state index contributed by atoms with van der Waals surface area (Å²) in [5, 5.41) is 3.68. The number of rotatable bonds is 4. The molecule has 0 unspecified atom stereocenters. The van der Waals surface area contributed by atoms with Crippen molar-refractivity contribution in [2.75, 3.05) is 5.32 Å². The van der Waals surface area contributed by atoms with Gasteiger partial charge in [-0.05, 0) is 29.8 Å². The Morgan fingerprint density at radius 3 is 2.42 bits per heavy atom.